The van der Waals surface area contributed by atoms with Crippen molar-refractivity contribution >= 4 is 0 Å². The van der Waals surface area contributed by atoms with E-state index in [9.17, 15) is 4.39 Å². The average Bonchev–Trinajstić information content (AvgIpc) is 2.44. The summed E-state index contributed by atoms with van der Waals surface area (Å²) >= 11 is 0. The largest absolute Gasteiger partial charge is 0.309 e. The molecule has 0 bridgehead atoms. The lowest BCUT2D eigenvalue weighted by molar-refractivity contribution is 0.623. The van der Waals surface area contributed by atoms with Gasteiger partial charge in [0.05, 0.1) is 6.04 Å². The SMILES string of the molecule is CCCc1ccc(C(NC)c2ccc(F)cc2)cc1. The van der Waals surface area contributed by atoms with Gasteiger partial charge in [0.25, 0.3) is 0 Å². The third kappa shape index (κ3) is 3.42. The van der Waals surface area contributed by atoms with E-state index < -0.39 is 0 Å². The lowest BCUT2D eigenvalue weighted by Crippen LogP contribution is -2.17. The van der Waals surface area contributed by atoms with Crippen molar-refractivity contribution in [2.24, 2.45) is 0 Å². The zero-order valence-electron chi connectivity index (χ0n) is 11.5. The van der Waals surface area contributed by atoms with Crippen LogP contribution < -0.4 is 5.32 Å². The first-order valence-electron chi connectivity index (χ1n) is 6.76. The Hall–Kier alpha value is -1.67. The van der Waals surface area contributed by atoms with Crippen LogP contribution in [0.2, 0.25) is 0 Å². The summed E-state index contributed by atoms with van der Waals surface area (Å²) < 4.78 is 13.0. The average molecular weight is 257 g/mol. The van der Waals surface area contributed by atoms with E-state index in [0.717, 1.165) is 18.4 Å². The summed E-state index contributed by atoms with van der Waals surface area (Å²) in [5.74, 6) is -0.197. The zero-order chi connectivity index (χ0) is 13.7. The summed E-state index contributed by atoms with van der Waals surface area (Å²) in [7, 11) is 1.92. The Kier molecular flexibility index (Phi) is 4.69. The predicted molar refractivity (Wildman–Crippen MR) is 77.7 cm³/mol. The van der Waals surface area contributed by atoms with Gasteiger partial charge in [0.2, 0.25) is 0 Å². The number of hydrogen-bond donors (Lipinski definition) is 1. The monoisotopic (exact) mass is 257 g/mol. The molecule has 100 valence electrons. The van der Waals surface area contributed by atoms with Gasteiger partial charge in [0, 0.05) is 0 Å². The van der Waals surface area contributed by atoms with Crippen molar-refractivity contribution in [2.45, 2.75) is 25.8 Å². The maximum atomic E-state index is 13.0. The molecule has 0 heterocycles. The Morgan fingerprint density at radius 1 is 0.947 bits per heavy atom. The molecule has 0 saturated carbocycles. The van der Waals surface area contributed by atoms with E-state index in [-0.39, 0.29) is 11.9 Å². The highest BCUT2D eigenvalue weighted by molar-refractivity contribution is 5.33. The lowest BCUT2D eigenvalue weighted by atomic mass is 9.97. The van der Waals surface area contributed by atoms with Crippen LogP contribution in [0.1, 0.15) is 36.1 Å². The zero-order valence-corrected chi connectivity index (χ0v) is 11.5. The maximum absolute atomic E-state index is 13.0. The van der Waals surface area contributed by atoms with Crippen LogP contribution >= 0.6 is 0 Å². The van der Waals surface area contributed by atoms with Crippen LogP contribution in [0, 0.1) is 5.82 Å². The molecule has 0 aliphatic carbocycles. The highest BCUT2D eigenvalue weighted by Gasteiger charge is 2.11. The van der Waals surface area contributed by atoms with Crippen molar-refractivity contribution < 1.29 is 4.39 Å². The van der Waals surface area contributed by atoms with E-state index in [0.29, 0.717) is 0 Å². The summed E-state index contributed by atoms with van der Waals surface area (Å²) in [6.07, 6.45) is 2.27. The number of rotatable bonds is 5. The summed E-state index contributed by atoms with van der Waals surface area (Å²) in [6.45, 7) is 2.18. The highest BCUT2D eigenvalue weighted by atomic mass is 19.1. The van der Waals surface area contributed by atoms with E-state index in [1.165, 1.54) is 23.3 Å². The summed E-state index contributed by atoms with van der Waals surface area (Å²) in [5.41, 5.74) is 3.64. The van der Waals surface area contributed by atoms with Crippen LogP contribution in [0.15, 0.2) is 48.5 Å². The molecule has 19 heavy (non-hydrogen) atoms. The fourth-order valence-electron chi connectivity index (χ4n) is 2.35. The first kappa shape index (κ1) is 13.8. The summed E-state index contributed by atoms with van der Waals surface area (Å²) in [5, 5.41) is 3.28. The molecule has 0 aliphatic rings. The van der Waals surface area contributed by atoms with Crippen molar-refractivity contribution in [3.8, 4) is 0 Å². The number of hydrogen-bond acceptors (Lipinski definition) is 1. The number of aryl methyl sites for hydroxylation is 1. The van der Waals surface area contributed by atoms with E-state index in [1.54, 1.807) is 0 Å². The normalized spacial score (nSPS) is 12.4. The molecule has 2 aromatic rings. The van der Waals surface area contributed by atoms with E-state index in [4.69, 9.17) is 0 Å². The molecule has 0 radical (unpaired) electrons. The quantitative estimate of drug-likeness (QED) is 0.850. The topological polar surface area (TPSA) is 12.0 Å². The number of nitrogens with one attached hydrogen (secondary N) is 1. The van der Waals surface area contributed by atoms with Gasteiger partial charge in [-0.3, -0.25) is 0 Å². The number of halogens is 1. The van der Waals surface area contributed by atoms with Gasteiger partial charge in [0.15, 0.2) is 0 Å². The summed E-state index contributed by atoms with van der Waals surface area (Å²) in [4.78, 5) is 0. The minimum absolute atomic E-state index is 0.108. The Morgan fingerprint density at radius 3 is 1.95 bits per heavy atom. The smallest absolute Gasteiger partial charge is 0.123 e. The molecule has 0 fully saturated rings. The first-order valence-corrected chi connectivity index (χ1v) is 6.76. The Balaban J connectivity index is 2.23. The van der Waals surface area contributed by atoms with Crippen LogP contribution in [0.25, 0.3) is 0 Å². The van der Waals surface area contributed by atoms with Gasteiger partial charge < -0.3 is 5.32 Å². The van der Waals surface area contributed by atoms with Crippen LogP contribution in [-0.2, 0) is 6.42 Å². The predicted octanol–water partition coefficient (Wildman–Crippen LogP) is 4.09. The van der Waals surface area contributed by atoms with Gasteiger partial charge in [-0.25, -0.2) is 4.39 Å². The molecule has 2 heteroatoms. The molecule has 0 amide bonds. The molecule has 2 rings (SSSR count). The van der Waals surface area contributed by atoms with Crippen LogP contribution in [0.3, 0.4) is 0 Å². The third-order valence-electron chi connectivity index (χ3n) is 3.34. The van der Waals surface area contributed by atoms with Crippen molar-refractivity contribution in [3.05, 3.63) is 71.0 Å². The van der Waals surface area contributed by atoms with Gasteiger partial charge in [-0.05, 0) is 42.3 Å². The minimum atomic E-state index is -0.197. The van der Waals surface area contributed by atoms with Crippen molar-refractivity contribution in [1.29, 1.82) is 0 Å². The second-order valence-corrected chi connectivity index (χ2v) is 4.76. The van der Waals surface area contributed by atoms with Crippen molar-refractivity contribution in [2.75, 3.05) is 7.05 Å². The Bertz CT molecular complexity index is 502. The van der Waals surface area contributed by atoms with Crippen LogP contribution in [0.5, 0.6) is 0 Å². The second kappa shape index (κ2) is 6.48. The second-order valence-electron chi connectivity index (χ2n) is 4.76. The van der Waals surface area contributed by atoms with E-state index in [1.807, 2.05) is 19.2 Å². The molecule has 1 nitrogen and oxygen atoms in total. The van der Waals surface area contributed by atoms with Gasteiger partial charge in [0.1, 0.15) is 5.82 Å². The molecule has 2 aromatic carbocycles. The molecule has 0 saturated heterocycles. The number of benzene rings is 2. The van der Waals surface area contributed by atoms with Crippen LogP contribution in [0.4, 0.5) is 4.39 Å². The Labute approximate surface area is 114 Å². The van der Waals surface area contributed by atoms with Crippen LogP contribution in [-0.4, -0.2) is 7.05 Å². The minimum Gasteiger partial charge on any atom is -0.309 e. The molecule has 0 aromatic heterocycles. The van der Waals surface area contributed by atoms with E-state index in [2.05, 4.69) is 36.5 Å². The van der Waals surface area contributed by atoms with Gasteiger partial charge >= 0.3 is 0 Å². The molecule has 1 unspecified atom stereocenters. The molecule has 1 N–H and O–H groups in total. The third-order valence-corrected chi connectivity index (χ3v) is 3.34. The molecule has 0 aliphatic heterocycles. The molecule has 1 atom stereocenters. The van der Waals surface area contributed by atoms with Gasteiger partial charge in [-0.15, -0.1) is 0 Å². The fraction of sp³-hybridized carbons (Fsp3) is 0.294. The molecular formula is C17H20FN. The standard InChI is InChI=1S/C17H20FN/c1-3-4-13-5-7-14(8-6-13)17(19-2)15-9-11-16(18)12-10-15/h5-12,17,19H,3-4H2,1-2H3. The van der Waals surface area contributed by atoms with E-state index >= 15 is 0 Å². The summed E-state index contributed by atoms with van der Waals surface area (Å²) in [6, 6.07) is 15.4. The van der Waals surface area contributed by atoms with Crippen molar-refractivity contribution in [3.63, 3.8) is 0 Å². The highest BCUT2D eigenvalue weighted by Crippen LogP contribution is 2.22. The van der Waals surface area contributed by atoms with Gasteiger partial charge in [-0.1, -0.05) is 49.7 Å². The van der Waals surface area contributed by atoms with Gasteiger partial charge in [-0.2, -0.15) is 0 Å². The molecule has 0 spiro atoms. The lowest BCUT2D eigenvalue weighted by Gasteiger charge is -2.17. The molecular weight excluding hydrogens is 237 g/mol. The first-order chi connectivity index (χ1) is 9.24. The Morgan fingerprint density at radius 2 is 1.47 bits per heavy atom. The van der Waals surface area contributed by atoms with Crippen molar-refractivity contribution in [1.82, 2.24) is 5.32 Å². The fourth-order valence-corrected chi connectivity index (χ4v) is 2.35. The maximum Gasteiger partial charge on any atom is 0.123 e.